The zero-order chi connectivity index (χ0) is 15.1. The minimum Gasteiger partial charge on any atom is -0.317 e. The van der Waals surface area contributed by atoms with Gasteiger partial charge in [-0.1, -0.05) is 39.5 Å². The second-order valence-electron chi connectivity index (χ2n) is 6.67. The van der Waals surface area contributed by atoms with Crippen LogP contribution in [0.4, 0.5) is 0 Å². The quantitative estimate of drug-likeness (QED) is 0.733. The van der Waals surface area contributed by atoms with Gasteiger partial charge in [-0.05, 0) is 44.7 Å². The summed E-state index contributed by atoms with van der Waals surface area (Å²) in [7, 11) is 2.09. The van der Waals surface area contributed by atoms with Crippen molar-refractivity contribution < 1.29 is 0 Å². The summed E-state index contributed by atoms with van der Waals surface area (Å²) in [5, 5.41) is 8.29. The molecule has 1 aromatic heterocycles. The maximum absolute atomic E-state index is 4.80. The van der Waals surface area contributed by atoms with Gasteiger partial charge in [0.1, 0.15) is 0 Å². The average molecular weight is 291 g/mol. The monoisotopic (exact) mass is 291 g/mol. The molecule has 0 amide bonds. The fraction of sp³-hybridized carbons (Fsp3) is 0.833. The van der Waals surface area contributed by atoms with Crippen LogP contribution in [0.1, 0.15) is 76.9 Å². The predicted octanol–water partition coefficient (Wildman–Crippen LogP) is 4.35. The molecule has 3 heteroatoms. The Morgan fingerprint density at radius 2 is 2.00 bits per heavy atom. The number of aromatic nitrogens is 2. The maximum atomic E-state index is 4.80. The van der Waals surface area contributed by atoms with Crippen molar-refractivity contribution >= 4 is 0 Å². The Morgan fingerprint density at radius 1 is 1.29 bits per heavy atom. The normalized spacial score (nSPS) is 17.7. The van der Waals surface area contributed by atoms with Gasteiger partial charge in [-0.2, -0.15) is 5.10 Å². The van der Waals surface area contributed by atoms with Gasteiger partial charge in [0, 0.05) is 18.7 Å². The molecule has 0 bridgehead atoms. The molecule has 1 saturated carbocycles. The molecule has 120 valence electrons. The standard InChI is InChI=1S/C18H33N3/c1-4-18(5-2)21-13-12-17(20-21)14-16(19-3)11-10-15-8-6-7-9-15/h12-13,15-16,18-19H,4-11,14H2,1-3H3. The van der Waals surface area contributed by atoms with Crippen LogP contribution in [-0.4, -0.2) is 22.9 Å². The third kappa shape index (κ3) is 4.84. The summed E-state index contributed by atoms with van der Waals surface area (Å²) in [5.41, 5.74) is 1.24. The van der Waals surface area contributed by atoms with Crippen LogP contribution in [0.5, 0.6) is 0 Å². The molecule has 1 fully saturated rings. The highest BCUT2D eigenvalue weighted by Crippen LogP contribution is 2.29. The van der Waals surface area contributed by atoms with Crippen LogP contribution in [-0.2, 0) is 6.42 Å². The van der Waals surface area contributed by atoms with Gasteiger partial charge < -0.3 is 5.32 Å². The van der Waals surface area contributed by atoms with Gasteiger partial charge in [0.15, 0.2) is 0 Å². The van der Waals surface area contributed by atoms with Gasteiger partial charge in [-0.3, -0.25) is 4.68 Å². The van der Waals surface area contributed by atoms with Crippen LogP contribution in [0.3, 0.4) is 0 Å². The number of nitrogens with zero attached hydrogens (tertiary/aromatic N) is 2. The highest BCUT2D eigenvalue weighted by Gasteiger charge is 2.18. The van der Waals surface area contributed by atoms with E-state index in [0.29, 0.717) is 12.1 Å². The third-order valence-electron chi connectivity index (χ3n) is 5.24. The molecule has 0 spiro atoms. The number of likely N-dealkylation sites (N-methyl/N-ethyl adjacent to an activating group) is 1. The molecular formula is C18H33N3. The molecule has 0 aliphatic heterocycles. The molecule has 1 atom stereocenters. The maximum Gasteiger partial charge on any atom is 0.0640 e. The molecule has 1 N–H and O–H groups in total. The zero-order valence-corrected chi connectivity index (χ0v) is 14.1. The molecule has 1 aliphatic rings. The van der Waals surface area contributed by atoms with Crippen LogP contribution < -0.4 is 5.32 Å². The predicted molar refractivity (Wildman–Crippen MR) is 89.6 cm³/mol. The summed E-state index contributed by atoms with van der Waals surface area (Å²) in [6, 6.07) is 3.35. The number of nitrogens with one attached hydrogen (secondary N) is 1. The van der Waals surface area contributed by atoms with Crippen molar-refractivity contribution in [3.8, 4) is 0 Å². The lowest BCUT2D eigenvalue weighted by Gasteiger charge is -2.17. The minimum atomic E-state index is 0.560. The van der Waals surface area contributed by atoms with E-state index >= 15 is 0 Å². The summed E-state index contributed by atoms with van der Waals surface area (Å²) >= 11 is 0. The Kier molecular flexibility index (Phi) is 6.75. The van der Waals surface area contributed by atoms with Crippen LogP contribution in [0.25, 0.3) is 0 Å². The van der Waals surface area contributed by atoms with Gasteiger partial charge in [-0.25, -0.2) is 0 Å². The van der Waals surface area contributed by atoms with E-state index in [-0.39, 0.29) is 0 Å². The second-order valence-corrected chi connectivity index (χ2v) is 6.67. The first-order chi connectivity index (χ1) is 10.3. The van der Waals surface area contributed by atoms with E-state index in [2.05, 4.69) is 43.2 Å². The minimum absolute atomic E-state index is 0.560. The fourth-order valence-corrected chi connectivity index (χ4v) is 3.69. The van der Waals surface area contributed by atoms with Gasteiger partial charge in [0.05, 0.1) is 11.7 Å². The molecule has 0 radical (unpaired) electrons. The highest BCUT2D eigenvalue weighted by atomic mass is 15.3. The van der Waals surface area contributed by atoms with Crippen molar-refractivity contribution in [2.45, 2.75) is 83.7 Å². The van der Waals surface area contributed by atoms with E-state index in [4.69, 9.17) is 5.10 Å². The van der Waals surface area contributed by atoms with Crippen molar-refractivity contribution in [2.24, 2.45) is 5.92 Å². The van der Waals surface area contributed by atoms with Gasteiger partial charge in [0.25, 0.3) is 0 Å². The summed E-state index contributed by atoms with van der Waals surface area (Å²) in [4.78, 5) is 0. The van der Waals surface area contributed by atoms with Crippen LogP contribution >= 0.6 is 0 Å². The number of hydrogen-bond acceptors (Lipinski definition) is 2. The van der Waals surface area contributed by atoms with Gasteiger partial charge >= 0.3 is 0 Å². The first-order valence-electron chi connectivity index (χ1n) is 8.98. The van der Waals surface area contributed by atoms with Crippen molar-refractivity contribution in [2.75, 3.05) is 7.05 Å². The first-order valence-corrected chi connectivity index (χ1v) is 8.98. The van der Waals surface area contributed by atoms with E-state index in [1.54, 1.807) is 0 Å². The largest absolute Gasteiger partial charge is 0.317 e. The van der Waals surface area contributed by atoms with Crippen molar-refractivity contribution in [3.05, 3.63) is 18.0 Å². The lowest BCUT2D eigenvalue weighted by Crippen LogP contribution is -2.28. The van der Waals surface area contributed by atoms with E-state index in [1.165, 1.54) is 44.2 Å². The summed E-state index contributed by atoms with van der Waals surface area (Å²) in [6.45, 7) is 4.49. The second kappa shape index (κ2) is 8.57. The molecule has 1 unspecified atom stereocenters. The Hall–Kier alpha value is -0.830. The Bertz CT molecular complexity index is 389. The first kappa shape index (κ1) is 16.5. The highest BCUT2D eigenvalue weighted by molar-refractivity contribution is 5.02. The van der Waals surface area contributed by atoms with E-state index in [1.807, 2.05) is 0 Å². The van der Waals surface area contributed by atoms with Crippen molar-refractivity contribution in [1.29, 1.82) is 0 Å². The van der Waals surface area contributed by atoms with Gasteiger partial charge in [-0.15, -0.1) is 0 Å². The van der Waals surface area contributed by atoms with Crippen LogP contribution in [0, 0.1) is 5.92 Å². The topological polar surface area (TPSA) is 29.9 Å². The average Bonchev–Trinajstić information content (AvgIpc) is 3.16. The lowest BCUT2D eigenvalue weighted by molar-refractivity contribution is 0.406. The molecule has 3 nitrogen and oxygen atoms in total. The van der Waals surface area contributed by atoms with E-state index in [9.17, 15) is 0 Å². The lowest BCUT2D eigenvalue weighted by atomic mass is 9.96. The molecular weight excluding hydrogens is 258 g/mol. The Morgan fingerprint density at radius 3 is 2.62 bits per heavy atom. The summed E-state index contributed by atoms with van der Waals surface area (Å²) < 4.78 is 2.17. The summed E-state index contributed by atoms with van der Waals surface area (Å²) in [5.74, 6) is 0.989. The van der Waals surface area contributed by atoms with Crippen molar-refractivity contribution in [1.82, 2.24) is 15.1 Å². The molecule has 1 aromatic rings. The Balaban J connectivity index is 1.83. The van der Waals surface area contributed by atoms with E-state index < -0.39 is 0 Å². The smallest absolute Gasteiger partial charge is 0.0640 e. The molecule has 2 rings (SSSR count). The summed E-state index contributed by atoms with van der Waals surface area (Å²) in [6.07, 6.45) is 14.1. The molecule has 1 aliphatic carbocycles. The van der Waals surface area contributed by atoms with Crippen LogP contribution in [0.2, 0.25) is 0 Å². The van der Waals surface area contributed by atoms with Crippen LogP contribution in [0.15, 0.2) is 12.3 Å². The van der Waals surface area contributed by atoms with E-state index in [0.717, 1.165) is 25.2 Å². The zero-order valence-electron chi connectivity index (χ0n) is 14.1. The van der Waals surface area contributed by atoms with Crippen molar-refractivity contribution in [3.63, 3.8) is 0 Å². The SMILES string of the molecule is CCC(CC)n1ccc(CC(CCC2CCCC2)NC)n1. The molecule has 0 saturated heterocycles. The fourth-order valence-electron chi connectivity index (χ4n) is 3.69. The Labute approximate surface area is 130 Å². The third-order valence-corrected chi connectivity index (χ3v) is 5.24. The number of hydrogen-bond donors (Lipinski definition) is 1. The molecule has 21 heavy (non-hydrogen) atoms. The molecule has 0 aromatic carbocycles. The van der Waals surface area contributed by atoms with Gasteiger partial charge in [0.2, 0.25) is 0 Å². The number of rotatable bonds is 9. The molecule has 1 heterocycles.